The molecule has 0 spiro atoms. The maximum Gasteiger partial charge on any atom is 0.265 e. The molecule has 2 aromatic heterocycles. The van der Waals surface area contributed by atoms with Crippen LogP contribution in [0, 0.1) is 11.5 Å². The third kappa shape index (κ3) is 3.13. The van der Waals surface area contributed by atoms with E-state index in [2.05, 4.69) is 15.4 Å². The number of pyridine rings is 1. The SMILES string of the molecule is N#CN1CCCC(F)(C(=O)Nc2ccc(-n3cccn3)cn2)C1. The lowest BCUT2D eigenvalue weighted by Crippen LogP contribution is -2.51. The Labute approximate surface area is 132 Å². The smallest absolute Gasteiger partial charge is 0.265 e. The fourth-order valence-electron chi connectivity index (χ4n) is 2.53. The maximum atomic E-state index is 14.7. The number of nitrogens with one attached hydrogen (secondary N) is 1. The lowest BCUT2D eigenvalue weighted by molar-refractivity contribution is -0.130. The third-order valence-corrected chi connectivity index (χ3v) is 3.75. The van der Waals surface area contributed by atoms with Gasteiger partial charge in [-0.2, -0.15) is 10.4 Å². The highest BCUT2D eigenvalue weighted by Gasteiger charge is 2.42. The van der Waals surface area contributed by atoms with E-state index in [1.54, 1.807) is 35.3 Å². The maximum absolute atomic E-state index is 14.7. The number of alkyl halides is 1. The normalized spacial score (nSPS) is 20.8. The first-order chi connectivity index (χ1) is 11.1. The summed E-state index contributed by atoms with van der Waals surface area (Å²) in [7, 11) is 0. The Morgan fingerprint density at radius 1 is 1.48 bits per heavy atom. The number of likely N-dealkylation sites (tertiary alicyclic amines) is 1. The van der Waals surface area contributed by atoms with Gasteiger partial charge in [-0.05, 0) is 31.0 Å². The molecule has 1 atom stereocenters. The van der Waals surface area contributed by atoms with E-state index >= 15 is 0 Å². The van der Waals surface area contributed by atoms with Crippen LogP contribution < -0.4 is 5.32 Å². The van der Waals surface area contributed by atoms with Crippen LogP contribution in [0.4, 0.5) is 10.2 Å². The van der Waals surface area contributed by atoms with Crippen LogP contribution in [-0.4, -0.2) is 44.3 Å². The number of amides is 1. The minimum Gasteiger partial charge on any atom is -0.308 e. The number of piperidine rings is 1. The van der Waals surface area contributed by atoms with E-state index in [0.717, 1.165) is 5.69 Å². The zero-order valence-corrected chi connectivity index (χ0v) is 12.3. The van der Waals surface area contributed by atoms with Crippen molar-refractivity contribution in [3.63, 3.8) is 0 Å². The van der Waals surface area contributed by atoms with Gasteiger partial charge in [0.05, 0.1) is 18.4 Å². The molecule has 0 aliphatic carbocycles. The Kier molecular flexibility index (Phi) is 3.93. The molecule has 1 fully saturated rings. The van der Waals surface area contributed by atoms with Crippen LogP contribution in [0.25, 0.3) is 5.69 Å². The van der Waals surface area contributed by atoms with E-state index in [1.165, 1.54) is 11.1 Å². The van der Waals surface area contributed by atoms with Gasteiger partial charge in [0.2, 0.25) is 5.67 Å². The molecule has 1 aliphatic rings. The summed E-state index contributed by atoms with van der Waals surface area (Å²) in [6.07, 6.45) is 7.40. The molecule has 1 N–H and O–H groups in total. The zero-order chi connectivity index (χ0) is 16.3. The van der Waals surface area contributed by atoms with Crippen LogP contribution in [0.15, 0.2) is 36.8 Å². The Balaban J connectivity index is 1.69. The quantitative estimate of drug-likeness (QED) is 0.867. The van der Waals surface area contributed by atoms with Gasteiger partial charge in [0.25, 0.3) is 5.91 Å². The summed E-state index contributed by atoms with van der Waals surface area (Å²) in [6.45, 7) is 0.257. The number of nitriles is 1. The standard InChI is InChI=1S/C15H15FN6O/c16-15(5-1-7-21(10-15)11-17)14(23)20-13-4-3-12(9-18-13)22-8-2-6-19-22/h2-4,6,8-9H,1,5,7,10H2,(H,18,20,23). The molecule has 23 heavy (non-hydrogen) atoms. The predicted octanol–water partition coefficient (Wildman–Crippen LogP) is 1.49. The summed E-state index contributed by atoms with van der Waals surface area (Å²) in [5.41, 5.74) is -1.34. The summed E-state index contributed by atoms with van der Waals surface area (Å²) in [6, 6.07) is 5.10. The summed E-state index contributed by atoms with van der Waals surface area (Å²) >= 11 is 0. The second-order valence-electron chi connectivity index (χ2n) is 5.40. The van der Waals surface area contributed by atoms with Gasteiger partial charge in [0, 0.05) is 18.9 Å². The molecule has 1 saturated heterocycles. The van der Waals surface area contributed by atoms with E-state index in [9.17, 15) is 9.18 Å². The Bertz CT molecular complexity index is 723. The first kappa shape index (κ1) is 15.0. The number of hydrogen-bond donors (Lipinski definition) is 1. The minimum absolute atomic E-state index is 0.0996. The van der Waals surface area contributed by atoms with E-state index in [4.69, 9.17) is 5.26 Å². The number of rotatable bonds is 3. The van der Waals surface area contributed by atoms with Gasteiger partial charge in [-0.15, -0.1) is 0 Å². The Morgan fingerprint density at radius 2 is 2.35 bits per heavy atom. The van der Waals surface area contributed by atoms with Crippen LogP contribution in [0.2, 0.25) is 0 Å². The summed E-state index contributed by atoms with van der Waals surface area (Å²) in [5.74, 6) is -0.506. The molecule has 1 amide bonds. The fraction of sp³-hybridized carbons (Fsp3) is 0.333. The molecule has 118 valence electrons. The molecule has 0 aromatic carbocycles. The minimum atomic E-state index is -2.07. The van der Waals surface area contributed by atoms with E-state index in [1.807, 2.05) is 6.19 Å². The number of nitrogens with zero attached hydrogens (tertiary/aromatic N) is 5. The van der Waals surface area contributed by atoms with Gasteiger partial charge in [0.15, 0.2) is 6.19 Å². The number of carbonyl (C=O) groups is 1. The zero-order valence-electron chi connectivity index (χ0n) is 12.3. The van der Waals surface area contributed by atoms with Crippen molar-refractivity contribution in [1.82, 2.24) is 19.7 Å². The number of carbonyl (C=O) groups excluding carboxylic acids is 1. The van der Waals surface area contributed by atoms with Crippen LogP contribution in [0.5, 0.6) is 0 Å². The topological polar surface area (TPSA) is 86.8 Å². The van der Waals surface area contributed by atoms with Gasteiger partial charge in [-0.25, -0.2) is 14.1 Å². The van der Waals surface area contributed by atoms with Crippen molar-refractivity contribution in [2.45, 2.75) is 18.5 Å². The van der Waals surface area contributed by atoms with Crippen molar-refractivity contribution in [2.75, 3.05) is 18.4 Å². The molecule has 1 aliphatic heterocycles. The molecule has 8 heteroatoms. The third-order valence-electron chi connectivity index (χ3n) is 3.75. The molecule has 3 rings (SSSR count). The highest BCUT2D eigenvalue weighted by Crippen LogP contribution is 2.26. The lowest BCUT2D eigenvalue weighted by Gasteiger charge is -2.32. The molecule has 0 radical (unpaired) electrons. The van der Waals surface area contributed by atoms with Gasteiger partial charge < -0.3 is 10.2 Å². The molecular weight excluding hydrogens is 299 g/mol. The second kappa shape index (κ2) is 6.04. The molecule has 1 unspecified atom stereocenters. The molecular formula is C15H15FN6O. The van der Waals surface area contributed by atoms with Crippen molar-refractivity contribution in [3.8, 4) is 11.9 Å². The summed E-state index contributed by atoms with van der Waals surface area (Å²) < 4.78 is 16.4. The monoisotopic (exact) mass is 314 g/mol. The fourth-order valence-corrected chi connectivity index (χ4v) is 2.53. The average molecular weight is 314 g/mol. The van der Waals surface area contributed by atoms with E-state index in [0.29, 0.717) is 13.0 Å². The van der Waals surface area contributed by atoms with Gasteiger partial charge in [-0.1, -0.05) is 0 Å². The number of aromatic nitrogens is 3. The van der Waals surface area contributed by atoms with Gasteiger partial charge >= 0.3 is 0 Å². The van der Waals surface area contributed by atoms with Crippen molar-refractivity contribution < 1.29 is 9.18 Å². The second-order valence-corrected chi connectivity index (χ2v) is 5.40. The summed E-state index contributed by atoms with van der Waals surface area (Å²) in [4.78, 5) is 17.5. The first-order valence-corrected chi connectivity index (χ1v) is 7.22. The molecule has 3 heterocycles. The number of hydrogen-bond acceptors (Lipinski definition) is 5. The van der Waals surface area contributed by atoms with Crippen molar-refractivity contribution in [2.24, 2.45) is 0 Å². The molecule has 2 aromatic rings. The largest absolute Gasteiger partial charge is 0.308 e. The highest BCUT2D eigenvalue weighted by molar-refractivity contribution is 5.96. The first-order valence-electron chi connectivity index (χ1n) is 7.22. The van der Waals surface area contributed by atoms with Crippen LogP contribution in [-0.2, 0) is 4.79 Å². The van der Waals surface area contributed by atoms with Crippen molar-refractivity contribution in [1.29, 1.82) is 5.26 Å². The molecule has 0 saturated carbocycles. The van der Waals surface area contributed by atoms with Crippen molar-refractivity contribution in [3.05, 3.63) is 36.8 Å². The molecule has 7 nitrogen and oxygen atoms in total. The number of anilines is 1. The highest BCUT2D eigenvalue weighted by atomic mass is 19.1. The predicted molar refractivity (Wildman–Crippen MR) is 80.2 cm³/mol. The Hall–Kier alpha value is -2.95. The van der Waals surface area contributed by atoms with Crippen molar-refractivity contribution >= 4 is 11.7 Å². The average Bonchev–Trinajstić information content (AvgIpc) is 3.10. The van der Waals surface area contributed by atoms with Gasteiger partial charge in [-0.3, -0.25) is 4.79 Å². The van der Waals surface area contributed by atoms with Gasteiger partial charge in [0.1, 0.15) is 5.82 Å². The lowest BCUT2D eigenvalue weighted by atomic mass is 9.94. The van der Waals surface area contributed by atoms with Crippen LogP contribution >= 0.6 is 0 Å². The van der Waals surface area contributed by atoms with E-state index < -0.39 is 11.6 Å². The van der Waals surface area contributed by atoms with Crippen LogP contribution in [0.3, 0.4) is 0 Å². The Morgan fingerprint density at radius 3 is 3.00 bits per heavy atom. The number of halogens is 1. The molecule has 0 bridgehead atoms. The van der Waals surface area contributed by atoms with Crippen LogP contribution in [0.1, 0.15) is 12.8 Å². The summed E-state index contributed by atoms with van der Waals surface area (Å²) in [5, 5.41) is 15.4. The van der Waals surface area contributed by atoms with E-state index in [-0.39, 0.29) is 18.8 Å².